The summed E-state index contributed by atoms with van der Waals surface area (Å²) in [5.41, 5.74) is 0. The molecule has 0 heterocycles. The van der Waals surface area contributed by atoms with Gasteiger partial charge in [0.05, 0.1) is 0 Å². The number of rotatable bonds is 4. The number of alkyl halides is 8. The third kappa shape index (κ3) is 5.78. The van der Waals surface area contributed by atoms with Gasteiger partial charge in [-0.3, -0.25) is 0 Å². The zero-order chi connectivity index (χ0) is 16.3. The molecule has 0 N–H and O–H groups in total. The molecule has 4 unspecified atom stereocenters. The number of hydrogen-bond donors (Lipinski definition) is 0. The second-order valence-electron chi connectivity index (χ2n) is 3.77. The van der Waals surface area contributed by atoms with Crippen molar-refractivity contribution in [3.05, 3.63) is 0 Å². The topological polar surface area (TPSA) is 35.5 Å². The van der Waals surface area contributed by atoms with Gasteiger partial charge in [0.1, 0.15) is 12.3 Å². The average Bonchev–Trinajstić information content (AvgIpc) is 2.18. The molecule has 0 aliphatic carbocycles. The summed E-state index contributed by atoms with van der Waals surface area (Å²) in [5, 5.41) is 0. The molecule has 3 nitrogen and oxygen atoms in total. The number of ether oxygens (including phenoxy) is 2. The summed E-state index contributed by atoms with van der Waals surface area (Å²) >= 11 is 0. The van der Waals surface area contributed by atoms with Crippen LogP contribution in [0.5, 0.6) is 0 Å². The molecule has 0 aromatic carbocycles. The first-order valence-corrected chi connectivity index (χ1v) is 5.05. The fourth-order valence-electron chi connectivity index (χ4n) is 1.08. The Hall–Kier alpha value is -1.29. The minimum atomic E-state index is -5.34. The van der Waals surface area contributed by atoms with Crippen LogP contribution >= 0.6 is 0 Å². The van der Waals surface area contributed by atoms with E-state index in [1.54, 1.807) is 0 Å². The van der Waals surface area contributed by atoms with Gasteiger partial charge in [-0.25, -0.2) is 13.6 Å². The largest absolute Gasteiger partial charge is 0.509 e. The van der Waals surface area contributed by atoms with Gasteiger partial charge in [-0.15, -0.1) is 0 Å². The normalized spacial score (nSPS) is 18.9. The van der Waals surface area contributed by atoms with Crippen molar-refractivity contribution in [1.82, 2.24) is 0 Å². The van der Waals surface area contributed by atoms with Crippen molar-refractivity contribution < 1.29 is 49.4 Å². The van der Waals surface area contributed by atoms with Gasteiger partial charge in [-0.05, 0) is 13.8 Å². The molecule has 0 spiro atoms. The lowest BCUT2D eigenvalue weighted by Crippen LogP contribution is -2.44. The van der Waals surface area contributed by atoms with Gasteiger partial charge in [0.15, 0.2) is 0 Å². The van der Waals surface area contributed by atoms with Crippen molar-refractivity contribution in [1.29, 1.82) is 0 Å². The van der Waals surface area contributed by atoms with Crippen molar-refractivity contribution in [3.8, 4) is 0 Å². The summed E-state index contributed by atoms with van der Waals surface area (Å²) in [5.74, 6) is 0. The van der Waals surface area contributed by atoms with E-state index < -0.39 is 43.1 Å². The molecule has 0 saturated carbocycles. The van der Waals surface area contributed by atoms with Gasteiger partial charge in [0, 0.05) is 0 Å². The third-order valence-corrected chi connectivity index (χ3v) is 1.93. The van der Waals surface area contributed by atoms with Crippen molar-refractivity contribution >= 4 is 6.16 Å². The molecule has 0 saturated heterocycles. The zero-order valence-electron chi connectivity index (χ0n) is 10.1. The SMILES string of the molecule is CC(F)C(OC(=O)OC(C(C)F)C(F)(F)F)C(F)(F)F. The lowest BCUT2D eigenvalue weighted by Gasteiger charge is -2.24. The lowest BCUT2D eigenvalue weighted by atomic mass is 10.2. The van der Waals surface area contributed by atoms with Crippen LogP contribution in [0.1, 0.15) is 13.8 Å². The van der Waals surface area contributed by atoms with Crippen LogP contribution in [-0.4, -0.2) is 43.1 Å². The van der Waals surface area contributed by atoms with Gasteiger partial charge >= 0.3 is 18.5 Å². The van der Waals surface area contributed by atoms with Crippen molar-refractivity contribution in [2.24, 2.45) is 0 Å². The fraction of sp³-hybridized carbons (Fsp3) is 0.889. The molecule has 120 valence electrons. The molecular formula is C9H10F8O3. The minimum Gasteiger partial charge on any atom is -0.418 e. The monoisotopic (exact) mass is 318 g/mol. The van der Waals surface area contributed by atoms with E-state index >= 15 is 0 Å². The van der Waals surface area contributed by atoms with E-state index in [0.717, 1.165) is 0 Å². The molecule has 0 aliphatic heterocycles. The van der Waals surface area contributed by atoms with Crippen LogP contribution < -0.4 is 0 Å². The summed E-state index contributed by atoms with van der Waals surface area (Å²) in [4.78, 5) is 10.8. The zero-order valence-corrected chi connectivity index (χ0v) is 10.1. The number of hydrogen-bond acceptors (Lipinski definition) is 3. The van der Waals surface area contributed by atoms with Gasteiger partial charge in [-0.2, -0.15) is 26.3 Å². The molecule has 11 heteroatoms. The Morgan fingerprint density at radius 1 is 0.800 bits per heavy atom. The fourth-order valence-corrected chi connectivity index (χ4v) is 1.08. The molecular weight excluding hydrogens is 308 g/mol. The molecule has 0 radical (unpaired) electrons. The van der Waals surface area contributed by atoms with E-state index in [1.165, 1.54) is 0 Å². The van der Waals surface area contributed by atoms with E-state index in [4.69, 9.17) is 0 Å². The summed E-state index contributed by atoms with van der Waals surface area (Å²) in [6.45, 7) is 0.759. The molecule has 0 amide bonds. The van der Waals surface area contributed by atoms with Crippen LogP contribution in [0.15, 0.2) is 0 Å². The first-order chi connectivity index (χ1) is 8.76. The van der Waals surface area contributed by atoms with E-state index in [0.29, 0.717) is 13.8 Å². The van der Waals surface area contributed by atoms with E-state index in [2.05, 4.69) is 9.47 Å². The van der Waals surface area contributed by atoms with Gasteiger partial charge in [0.25, 0.3) is 0 Å². The molecule has 0 fully saturated rings. The van der Waals surface area contributed by atoms with Crippen LogP contribution in [0, 0.1) is 0 Å². The highest BCUT2D eigenvalue weighted by Crippen LogP contribution is 2.30. The van der Waals surface area contributed by atoms with E-state index in [1.807, 2.05) is 0 Å². The third-order valence-electron chi connectivity index (χ3n) is 1.93. The van der Waals surface area contributed by atoms with Crippen molar-refractivity contribution in [2.75, 3.05) is 0 Å². The van der Waals surface area contributed by atoms with Gasteiger partial charge < -0.3 is 9.47 Å². The minimum absolute atomic E-state index is 0.379. The molecule has 0 bridgehead atoms. The average molecular weight is 318 g/mol. The molecule has 0 aromatic heterocycles. The Kier molecular flexibility index (Phi) is 6.02. The second-order valence-corrected chi connectivity index (χ2v) is 3.77. The molecule has 4 atom stereocenters. The summed E-state index contributed by atoms with van der Waals surface area (Å²) in [6.07, 6.45) is -25.3. The molecule has 0 aromatic rings. The van der Waals surface area contributed by atoms with E-state index in [-0.39, 0.29) is 0 Å². The highest BCUT2D eigenvalue weighted by Gasteiger charge is 2.50. The van der Waals surface area contributed by atoms with Crippen LogP contribution in [0.2, 0.25) is 0 Å². The number of carbonyl (C=O) groups is 1. The van der Waals surface area contributed by atoms with Crippen LogP contribution in [0.25, 0.3) is 0 Å². The second kappa shape index (κ2) is 6.44. The number of carbonyl (C=O) groups excluding carboxylic acids is 1. The quantitative estimate of drug-likeness (QED) is 0.585. The van der Waals surface area contributed by atoms with Gasteiger partial charge in [0.2, 0.25) is 12.2 Å². The maximum Gasteiger partial charge on any atom is 0.509 e. The van der Waals surface area contributed by atoms with Crippen LogP contribution in [0.3, 0.4) is 0 Å². The standard InChI is InChI=1S/C9H10F8O3/c1-3(10)5(8(12,13)14)19-7(18)20-6(4(2)11)9(15,16)17/h3-6H,1-2H3. The lowest BCUT2D eigenvalue weighted by molar-refractivity contribution is -0.245. The number of halogens is 8. The van der Waals surface area contributed by atoms with Crippen molar-refractivity contribution in [2.45, 2.75) is 50.8 Å². The summed E-state index contributed by atoms with van der Waals surface area (Å²) in [7, 11) is 0. The van der Waals surface area contributed by atoms with E-state index in [9.17, 15) is 39.9 Å². The Labute approximate surface area is 107 Å². The smallest absolute Gasteiger partial charge is 0.418 e. The van der Waals surface area contributed by atoms with Crippen molar-refractivity contribution in [3.63, 3.8) is 0 Å². The molecule has 0 rings (SSSR count). The Bertz CT molecular complexity index is 292. The highest BCUT2D eigenvalue weighted by atomic mass is 19.4. The maximum atomic E-state index is 12.6. The highest BCUT2D eigenvalue weighted by molar-refractivity contribution is 5.60. The predicted molar refractivity (Wildman–Crippen MR) is 48.4 cm³/mol. The Balaban J connectivity index is 4.84. The molecule has 20 heavy (non-hydrogen) atoms. The maximum absolute atomic E-state index is 12.6. The van der Waals surface area contributed by atoms with Gasteiger partial charge in [-0.1, -0.05) is 0 Å². The van der Waals surface area contributed by atoms with Crippen LogP contribution in [-0.2, 0) is 9.47 Å². The first-order valence-electron chi connectivity index (χ1n) is 5.05. The summed E-state index contributed by atoms with van der Waals surface area (Å²) in [6, 6.07) is 0. The molecule has 0 aliphatic rings. The Morgan fingerprint density at radius 3 is 1.20 bits per heavy atom. The first kappa shape index (κ1) is 18.7. The van der Waals surface area contributed by atoms with Crippen LogP contribution in [0.4, 0.5) is 39.9 Å². The predicted octanol–water partition coefficient (Wildman–Crippen LogP) is 3.72. The summed E-state index contributed by atoms with van der Waals surface area (Å²) < 4.78 is 105. The Morgan fingerprint density at radius 2 is 1.05 bits per heavy atom.